The summed E-state index contributed by atoms with van der Waals surface area (Å²) in [7, 11) is 0.768. The SMILES string of the molecule is CCOC(=O)c1c(NC(NC(=O)CC)(C(=O)OC)C(F)(F)F)sc(-c2ccccc2)c1C. The number of carbonyl (C=O) groups is 3. The van der Waals surface area contributed by atoms with Gasteiger partial charge < -0.3 is 20.1 Å². The molecule has 0 saturated heterocycles. The first kappa shape index (κ1) is 25.2. The van der Waals surface area contributed by atoms with E-state index in [9.17, 15) is 27.6 Å². The van der Waals surface area contributed by atoms with Crippen molar-refractivity contribution in [1.82, 2.24) is 5.32 Å². The van der Waals surface area contributed by atoms with Crippen LogP contribution in [0.1, 0.15) is 36.2 Å². The van der Waals surface area contributed by atoms with Crippen LogP contribution in [-0.2, 0) is 19.1 Å². The summed E-state index contributed by atoms with van der Waals surface area (Å²) in [6.07, 6.45) is -5.62. The largest absolute Gasteiger partial charge is 0.466 e. The molecule has 0 fully saturated rings. The highest BCUT2D eigenvalue weighted by atomic mass is 32.1. The predicted molar refractivity (Wildman–Crippen MR) is 113 cm³/mol. The third kappa shape index (κ3) is 4.87. The maximum Gasteiger partial charge on any atom is 0.441 e. The zero-order valence-electron chi connectivity index (χ0n) is 17.9. The van der Waals surface area contributed by atoms with Gasteiger partial charge in [-0.2, -0.15) is 13.2 Å². The van der Waals surface area contributed by atoms with Gasteiger partial charge in [0.1, 0.15) is 5.00 Å². The average Bonchev–Trinajstić information content (AvgIpc) is 3.08. The van der Waals surface area contributed by atoms with E-state index in [2.05, 4.69) is 10.1 Å². The molecule has 11 heteroatoms. The van der Waals surface area contributed by atoms with Crippen LogP contribution >= 0.6 is 11.3 Å². The lowest BCUT2D eigenvalue weighted by Crippen LogP contribution is -2.69. The van der Waals surface area contributed by atoms with Crippen molar-refractivity contribution in [2.24, 2.45) is 0 Å². The number of hydrogen-bond acceptors (Lipinski definition) is 7. The molecule has 0 aliphatic rings. The third-order valence-corrected chi connectivity index (χ3v) is 5.78. The van der Waals surface area contributed by atoms with E-state index >= 15 is 0 Å². The number of rotatable bonds is 8. The van der Waals surface area contributed by atoms with Crippen LogP contribution in [0.5, 0.6) is 0 Å². The lowest BCUT2D eigenvalue weighted by molar-refractivity contribution is -0.206. The Morgan fingerprint density at radius 1 is 1.09 bits per heavy atom. The molecule has 0 bridgehead atoms. The fourth-order valence-electron chi connectivity index (χ4n) is 2.93. The van der Waals surface area contributed by atoms with Crippen LogP contribution in [0.15, 0.2) is 30.3 Å². The van der Waals surface area contributed by atoms with Crippen molar-refractivity contribution in [2.75, 3.05) is 19.0 Å². The molecule has 7 nitrogen and oxygen atoms in total. The third-order valence-electron chi connectivity index (χ3n) is 4.53. The number of methoxy groups -OCH3 is 1. The lowest BCUT2D eigenvalue weighted by atomic mass is 10.1. The van der Waals surface area contributed by atoms with E-state index < -0.39 is 29.7 Å². The van der Waals surface area contributed by atoms with Crippen LogP contribution < -0.4 is 10.6 Å². The number of nitrogens with one attached hydrogen (secondary N) is 2. The smallest absolute Gasteiger partial charge is 0.441 e. The minimum atomic E-state index is -5.30. The van der Waals surface area contributed by atoms with Gasteiger partial charge in [0.05, 0.1) is 19.3 Å². The minimum Gasteiger partial charge on any atom is -0.466 e. The van der Waals surface area contributed by atoms with E-state index in [4.69, 9.17) is 4.74 Å². The Morgan fingerprint density at radius 3 is 2.22 bits per heavy atom. The van der Waals surface area contributed by atoms with Crippen LogP contribution in [0.25, 0.3) is 10.4 Å². The van der Waals surface area contributed by atoms with Crippen LogP contribution in [-0.4, -0.2) is 43.4 Å². The number of hydrogen-bond donors (Lipinski definition) is 2. The summed E-state index contributed by atoms with van der Waals surface area (Å²) in [6.45, 7) is 4.44. The van der Waals surface area contributed by atoms with Gasteiger partial charge in [-0.3, -0.25) is 4.79 Å². The topological polar surface area (TPSA) is 93.7 Å². The van der Waals surface area contributed by atoms with E-state index in [1.165, 1.54) is 6.92 Å². The number of carbonyl (C=O) groups excluding carboxylic acids is 3. The molecule has 1 aromatic carbocycles. The van der Waals surface area contributed by atoms with Gasteiger partial charge in [-0.25, -0.2) is 9.59 Å². The minimum absolute atomic E-state index is 0.0117. The van der Waals surface area contributed by atoms with Gasteiger partial charge in [0.2, 0.25) is 5.91 Å². The monoisotopic (exact) mass is 472 g/mol. The van der Waals surface area contributed by atoms with E-state index in [1.807, 2.05) is 0 Å². The Hall–Kier alpha value is -3.08. The quantitative estimate of drug-likeness (QED) is 0.440. The molecule has 2 rings (SSSR count). The molecule has 0 aliphatic carbocycles. The fraction of sp³-hybridized carbons (Fsp3) is 0.381. The van der Waals surface area contributed by atoms with Crippen molar-refractivity contribution < 1.29 is 37.0 Å². The maximum atomic E-state index is 14.2. The zero-order valence-corrected chi connectivity index (χ0v) is 18.7. The summed E-state index contributed by atoms with van der Waals surface area (Å²) >= 11 is 0.828. The Labute approximate surface area is 186 Å². The van der Waals surface area contributed by atoms with Crippen LogP contribution in [0.3, 0.4) is 0 Å². The first-order chi connectivity index (χ1) is 15.0. The molecule has 1 amide bonds. The highest BCUT2D eigenvalue weighted by molar-refractivity contribution is 7.20. The molecule has 2 aromatic rings. The molecule has 1 aromatic heterocycles. The van der Waals surface area contributed by atoms with Crippen molar-refractivity contribution in [3.05, 3.63) is 41.5 Å². The molecule has 0 aliphatic heterocycles. The Kier molecular flexibility index (Phi) is 7.89. The Bertz CT molecular complexity index is 991. The van der Waals surface area contributed by atoms with Gasteiger partial charge in [-0.05, 0) is 25.0 Å². The van der Waals surface area contributed by atoms with Crippen LogP contribution in [0.4, 0.5) is 18.2 Å². The standard InChI is InChI=1S/C21H23F3N2O5S/c1-5-14(27)25-20(19(29)30-4,21(22,23)24)26-17-15(18(28)31-6-2)12(3)16(32-17)13-10-8-7-9-11-13/h7-11,26H,5-6H2,1-4H3,(H,25,27). The van der Waals surface area contributed by atoms with Crippen LogP contribution in [0.2, 0.25) is 0 Å². The van der Waals surface area contributed by atoms with Crippen molar-refractivity contribution in [3.8, 4) is 10.4 Å². The van der Waals surface area contributed by atoms with Crippen molar-refractivity contribution in [1.29, 1.82) is 0 Å². The first-order valence-corrected chi connectivity index (χ1v) is 10.4. The second kappa shape index (κ2) is 10.0. The molecule has 32 heavy (non-hydrogen) atoms. The molecular weight excluding hydrogens is 449 g/mol. The molecule has 0 spiro atoms. The molecule has 1 unspecified atom stereocenters. The highest BCUT2D eigenvalue weighted by Crippen LogP contribution is 2.43. The number of ether oxygens (including phenoxy) is 2. The number of alkyl halides is 3. The summed E-state index contributed by atoms with van der Waals surface area (Å²) in [6, 6.07) is 8.70. The zero-order chi connectivity index (χ0) is 24.1. The lowest BCUT2D eigenvalue weighted by Gasteiger charge is -2.34. The van der Waals surface area contributed by atoms with Crippen LogP contribution in [0, 0.1) is 6.92 Å². The highest BCUT2D eigenvalue weighted by Gasteiger charge is 2.64. The number of amides is 1. The summed E-state index contributed by atoms with van der Waals surface area (Å²) in [5, 5.41) is 3.47. The molecule has 1 heterocycles. The number of anilines is 1. The van der Waals surface area contributed by atoms with Gasteiger partial charge in [-0.15, -0.1) is 11.3 Å². The van der Waals surface area contributed by atoms with E-state index in [-0.39, 0.29) is 23.6 Å². The summed E-state index contributed by atoms with van der Waals surface area (Å²) in [5.74, 6) is -3.70. The number of thiophene rings is 1. The molecule has 0 saturated carbocycles. The normalized spacial score (nSPS) is 13.1. The van der Waals surface area contributed by atoms with Crippen molar-refractivity contribution >= 4 is 34.2 Å². The van der Waals surface area contributed by atoms with Gasteiger partial charge in [0.15, 0.2) is 0 Å². The van der Waals surface area contributed by atoms with Gasteiger partial charge >= 0.3 is 23.8 Å². The first-order valence-electron chi connectivity index (χ1n) is 9.62. The summed E-state index contributed by atoms with van der Waals surface area (Å²) in [5.41, 5.74) is -2.76. The molecule has 2 N–H and O–H groups in total. The summed E-state index contributed by atoms with van der Waals surface area (Å²) in [4.78, 5) is 37.5. The number of benzene rings is 1. The maximum absolute atomic E-state index is 14.2. The Balaban J connectivity index is 2.75. The van der Waals surface area contributed by atoms with Gasteiger partial charge in [0, 0.05) is 11.3 Å². The van der Waals surface area contributed by atoms with Crippen molar-refractivity contribution in [2.45, 2.75) is 39.0 Å². The second-order valence-corrected chi connectivity index (χ2v) is 7.63. The fourth-order valence-corrected chi connectivity index (χ4v) is 4.18. The molecular formula is C21H23F3N2O5S. The van der Waals surface area contributed by atoms with Gasteiger partial charge in [0.25, 0.3) is 0 Å². The number of halogens is 3. The molecule has 1 atom stereocenters. The number of esters is 2. The van der Waals surface area contributed by atoms with Crippen molar-refractivity contribution in [3.63, 3.8) is 0 Å². The van der Waals surface area contributed by atoms with Gasteiger partial charge in [-0.1, -0.05) is 37.3 Å². The van der Waals surface area contributed by atoms with E-state index in [0.29, 0.717) is 16.0 Å². The summed E-state index contributed by atoms with van der Waals surface area (Å²) < 4.78 is 52.1. The Morgan fingerprint density at radius 2 is 1.72 bits per heavy atom. The van der Waals surface area contributed by atoms with E-state index in [0.717, 1.165) is 18.4 Å². The molecule has 174 valence electrons. The van der Waals surface area contributed by atoms with E-state index in [1.54, 1.807) is 49.5 Å². The average molecular weight is 472 g/mol. The molecule has 0 radical (unpaired) electrons. The predicted octanol–water partition coefficient (Wildman–Crippen LogP) is 4.27. The second-order valence-electron chi connectivity index (χ2n) is 6.61.